The summed E-state index contributed by atoms with van der Waals surface area (Å²) in [4.78, 5) is 40.7. The first-order valence-corrected chi connectivity index (χ1v) is 13.0. The number of aliphatic hydroxyl groups excluding tert-OH is 1. The highest BCUT2D eigenvalue weighted by molar-refractivity contribution is 5.97. The summed E-state index contributed by atoms with van der Waals surface area (Å²) in [7, 11) is 0. The first-order valence-electron chi connectivity index (χ1n) is 13.0. The Morgan fingerprint density at radius 2 is 1.77 bits per heavy atom. The number of benzene rings is 2. The van der Waals surface area contributed by atoms with Gasteiger partial charge in [-0.2, -0.15) is 0 Å². The van der Waals surface area contributed by atoms with Crippen molar-refractivity contribution in [1.29, 1.82) is 0 Å². The third-order valence-corrected chi connectivity index (χ3v) is 7.45. The average Bonchev–Trinajstić information content (AvgIpc) is 3.07. The standard InChI is InChI=1S/C29H37F2N3O5/c1-6-7-13-32-26(38)24-28(4,5)29(30,31)16-34(24)27(39)23(36)22(19-11-9-8-10-12-19)33-25(37)20-14-17(2)15-21(35)18(20)3/h8-12,14-15,22-24,35-36H,6-7,13,16H2,1-5H3,(H,32,38)(H,33,37)/t22?,23-,24+/m0/s1. The van der Waals surface area contributed by atoms with E-state index in [2.05, 4.69) is 10.6 Å². The van der Waals surface area contributed by atoms with Gasteiger partial charge >= 0.3 is 0 Å². The molecule has 0 radical (unpaired) electrons. The van der Waals surface area contributed by atoms with Crippen molar-refractivity contribution in [3.8, 4) is 5.75 Å². The molecule has 4 N–H and O–H groups in total. The van der Waals surface area contributed by atoms with Crippen LogP contribution in [0, 0.1) is 19.3 Å². The molecule has 0 aliphatic carbocycles. The number of phenolic OH excluding ortho intramolecular Hbond substituents is 1. The number of amides is 3. The summed E-state index contributed by atoms with van der Waals surface area (Å²) in [6.07, 6.45) is -0.560. The fourth-order valence-corrected chi connectivity index (χ4v) is 4.87. The number of aromatic hydroxyl groups is 1. The van der Waals surface area contributed by atoms with Gasteiger partial charge in [0.25, 0.3) is 17.7 Å². The van der Waals surface area contributed by atoms with Crippen LogP contribution in [-0.4, -0.2) is 64.0 Å². The molecule has 39 heavy (non-hydrogen) atoms. The van der Waals surface area contributed by atoms with E-state index in [0.717, 1.165) is 11.3 Å². The van der Waals surface area contributed by atoms with E-state index in [1.54, 1.807) is 50.2 Å². The summed E-state index contributed by atoms with van der Waals surface area (Å²) < 4.78 is 30.2. The van der Waals surface area contributed by atoms with Crippen molar-refractivity contribution >= 4 is 17.7 Å². The van der Waals surface area contributed by atoms with Gasteiger partial charge in [0, 0.05) is 17.7 Å². The van der Waals surface area contributed by atoms with Gasteiger partial charge in [-0.1, -0.05) is 57.5 Å². The normalized spacial score (nSPS) is 19.3. The lowest BCUT2D eigenvalue weighted by Gasteiger charge is -2.34. The molecule has 0 spiro atoms. The first-order chi connectivity index (χ1) is 18.2. The van der Waals surface area contributed by atoms with Gasteiger partial charge in [0.15, 0.2) is 6.10 Å². The zero-order valence-electron chi connectivity index (χ0n) is 22.9. The van der Waals surface area contributed by atoms with Crippen molar-refractivity contribution in [1.82, 2.24) is 15.5 Å². The molecule has 1 aliphatic rings. The molecule has 1 unspecified atom stereocenters. The van der Waals surface area contributed by atoms with Crippen LogP contribution in [0.4, 0.5) is 8.78 Å². The molecular formula is C29H37F2N3O5. The largest absolute Gasteiger partial charge is 0.508 e. The number of nitrogens with one attached hydrogen (secondary N) is 2. The Morgan fingerprint density at radius 1 is 1.13 bits per heavy atom. The lowest BCUT2D eigenvalue weighted by atomic mass is 9.81. The Morgan fingerprint density at radius 3 is 2.38 bits per heavy atom. The number of aryl methyl sites for hydroxylation is 1. The van der Waals surface area contributed by atoms with Crippen molar-refractivity contribution in [3.63, 3.8) is 0 Å². The summed E-state index contributed by atoms with van der Waals surface area (Å²) in [6, 6.07) is 8.36. The van der Waals surface area contributed by atoms with Crippen LogP contribution in [0.25, 0.3) is 0 Å². The number of hydrogen-bond acceptors (Lipinski definition) is 5. The highest BCUT2D eigenvalue weighted by Gasteiger charge is 2.64. The van der Waals surface area contributed by atoms with Crippen molar-refractivity contribution in [2.75, 3.05) is 13.1 Å². The predicted octanol–water partition coefficient (Wildman–Crippen LogP) is 3.63. The quantitative estimate of drug-likeness (QED) is 0.359. The Bertz CT molecular complexity index is 1220. The molecular weight excluding hydrogens is 508 g/mol. The third kappa shape index (κ3) is 6.06. The SMILES string of the molecule is CCCCNC(=O)[C@H]1N(C(=O)[C@@H](O)C(NC(=O)c2cc(C)cc(O)c2C)c2ccccc2)CC(F)(F)C1(C)C. The van der Waals surface area contributed by atoms with Crippen LogP contribution < -0.4 is 10.6 Å². The Hall–Kier alpha value is -3.53. The van der Waals surface area contributed by atoms with E-state index in [4.69, 9.17) is 0 Å². The number of aliphatic hydroxyl groups is 1. The van der Waals surface area contributed by atoms with E-state index >= 15 is 8.78 Å². The second-order valence-electron chi connectivity index (χ2n) is 10.7. The summed E-state index contributed by atoms with van der Waals surface area (Å²) >= 11 is 0. The molecule has 1 aliphatic heterocycles. The van der Waals surface area contributed by atoms with Crippen LogP contribution in [0.3, 0.4) is 0 Å². The Balaban J connectivity index is 1.97. The van der Waals surface area contributed by atoms with E-state index in [-0.39, 0.29) is 17.9 Å². The minimum Gasteiger partial charge on any atom is -0.508 e. The first kappa shape index (κ1) is 30.0. The van der Waals surface area contributed by atoms with E-state index in [9.17, 15) is 24.6 Å². The van der Waals surface area contributed by atoms with Gasteiger partial charge in [-0.05, 0) is 43.5 Å². The van der Waals surface area contributed by atoms with Gasteiger partial charge in [0.1, 0.15) is 11.8 Å². The van der Waals surface area contributed by atoms with E-state index in [1.807, 2.05) is 6.92 Å². The van der Waals surface area contributed by atoms with Gasteiger partial charge in [0.05, 0.1) is 18.0 Å². The number of phenols is 1. The lowest BCUT2D eigenvalue weighted by molar-refractivity contribution is -0.148. The Labute approximate surface area is 227 Å². The van der Waals surface area contributed by atoms with Gasteiger partial charge in [-0.25, -0.2) is 8.78 Å². The number of carbonyl (C=O) groups excluding carboxylic acids is 3. The van der Waals surface area contributed by atoms with Crippen LogP contribution in [0.2, 0.25) is 0 Å². The summed E-state index contributed by atoms with van der Waals surface area (Å²) in [5, 5.41) is 26.7. The maximum Gasteiger partial charge on any atom is 0.272 e. The molecule has 212 valence electrons. The zero-order valence-corrected chi connectivity index (χ0v) is 22.9. The number of likely N-dealkylation sites (tertiary alicyclic amines) is 1. The van der Waals surface area contributed by atoms with Gasteiger partial charge in [-0.3, -0.25) is 14.4 Å². The summed E-state index contributed by atoms with van der Waals surface area (Å²) in [6.45, 7) is 6.83. The van der Waals surface area contributed by atoms with Crippen LogP contribution in [0.1, 0.15) is 66.7 Å². The molecule has 1 fully saturated rings. The van der Waals surface area contributed by atoms with Crippen LogP contribution in [0.15, 0.2) is 42.5 Å². The van der Waals surface area contributed by atoms with Crippen LogP contribution >= 0.6 is 0 Å². The predicted molar refractivity (Wildman–Crippen MR) is 142 cm³/mol. The van der Waals surface area contributed by atoms with E-state index in [1.165, 1.54) is 19.9 Å². The molecule has 3 amide bonds. The van der Waals surface area contributed by atoms with Crippen molar-refractivity contribution < 1.29 is 33.4 Å². The van der Waals surface area contributed by atoms with Gasteiger partial charge in [0.2, 0.25) is 5.91 Å². The van der Waals surface area contributed by atoms with Crippen LogP contribution in [0.5, 0.6) is 5.75 Å². The molecule has 0 aromatic heterocycles. The number of halogens is 2. The molecule has 3 atom stereocenters. The fraction of sp³-hybridized carbons (Fsp3) is 0.483. The topological polar surface area (TPSA) is 119 Å². The smallest absolute Gasteiger partial charge is 0.272 e. The molecule has 0 saturated carbocycles. The van der Waals surface area contributed by atoms with Crippen molar-refractivity contribution in [2.45, 2.75) is 71.6 Å². The zero-order chi connectivity index (χ0) is 29.1. The minimum absolute atomic E-state index is 0.0912. The molecule has 1 heterocycles. The summed E-state index contributed by atoms with van der Waals surface area (Å²) in [5.41, 5.74) is -0.490. The fourth-order valence-electron chi connectivity index (χ4n) is 4.87. The number of rotatable bonds is 9. The molecule has 10 heteroatoms. The van der Waals surface area contributed by atoms with Gasteiger partial charge < -0.3 is 25.7 Å². The highest BCUT2D eigenvalue weighted by Crippen LogP contribution is 2.48. The highest BCUT2D eigenvalue weighted by atomic mass is 19.3. The van der Waals surface area contributed by atoms with E-state index in [0.29, 0.717) is 23.1 Å². The second-order valence-corrected chi connectivity index (χ2v) is 10.7. The van der Waals surface area contributed by atoms with E-state index < -0.39 is 53.8 Å². The number of unbranched alkanes of at least 4 members (excludes halogenated alkanes) is 1. The van der Waals surface area contributed by atoms with Crippen molar-refractivity contribution in [3.05, 3.63) is 64.7 Å². The van der Waals surface area contributed by atoms with Crippen LogP contribution in [-0.2, 0) is 9.59 Å². The molecule has 8 nitrogen and oxygen atoms in total. The Kier molecular flexibility index (Phi) is 9.00. The molecule has 1 saturated heterocycles. The maximum atomic E-state index is 15.1. The minimum atomic E-state index is -3.41. The maximum absolute atomic E-state index is 15.1. The lowest BCUT2D eigenvalue weighted by Crippen LogP contribution is -2.55. The number of nitrogens with zero attached hydrogens (tertiary/aromatic N) is 1. The average molecular weight is 546 g/mol. The second kappa shape index (κ2) is 11.7. The van der Waals surface area contributed by atoms with Gasteiger partial charge in [-0.15, -0.1) is 0 Å². The molecule has 3 rings (SSSR count). The molecule has 0 bridgehead atoms. The number of carbonyl (C=O) groups is 3. The number of hydrogen-bond donors (Lipinski definition) is 4. The molecule has 2 aromatic rings. The third-order valence-electron chi connectivity index (χ3n) is 7.45. The monoisotopic (exact) mass is 545 g/mol. The molecule has 2 aromatic carbocycles. The number of alkyl halides is 2. The van der Waals surface area contributed by atoms with Crippen molar-refractivity contribution in [2.24, 2.45) is 5.41 Å². The summed E-state index contributed by atoms with van der Waals surface area (Å²) in [5.74, 6) is -6.00.